The molecule has 1 aromatic heterocycles. The zero-order valence-electron chi connectivity index (χ0n) is 11.3. The van der Waals surface area contributed by atoms with Crippen LogP contribution in [0, 0.1) is 0 Å². The quantitative estimate of drug-likeness (QED) is 0.696. The van der Waals surface area contributed by atoms with Crippen LogP contribution in [-0.4, -0.2) is 11.5 Å². The lowest BCUT2D eigenvalue weighted by Crippen LogP contribution is -2.19. The van der Waals surface area contributed by atoms with Gasteiger partial charge in [-0.1, -0.05) is 42.5 Å². The van der Waals surface area contributed by atoms with E-state index in [4.69, 9.17) is 0 Å². The molecule has 1 aliphatic rings. The fraction of sp³-hybridized carbons (Fsp3) is 0.167. The number of fused-ring (bicyclic) bond motifs is 2. The van der Waals surface area contributed by atoms with Crippen molar-refractivity contribution in [3.63, 3.8) is 0 Å². The second-order valence-electron chi connectivity index (χ2n) is 5.29. The molecule has 0 unspecified atom stereocenters. The van der Waals surface area contributed by atoms with E-state index in [-0.39, 0.29) is 0 Å². The van der Waals surface area contributed by atoms with Crippen LogP contribution in [0.25, 0.3) is 10.9 Å². The summed E-state index contributed by atoms with van der Waals surface area (Å²) in [5, 5.41) is 1.22. The number of anilines is 1. The summed E-state index contributed by atoms with van der Waals surface area (Å²) < 4.78 is 0. The Balaban J connectivity index is 1.73. The minimum Gasteiger partial charge on any atom is -0.367 e. The summed E-state index contributed by atoms with van der Waals surface area (Å²) in [6.45, 7) is 2.04. The van der Waals surface area contributed by atoms with E-state index < -0.39 is 0 Å². The van der Waals surface area contributed by atoms with Gasteiger partial charge in [0.05, 0.1) is 5.52 Å². The summed E-state index contributed by atoms with van der Waals surface area (Å²) >= 11 is 0. The number of pyridine rings is 1. The molecule has 2 heterocycles. The van der Waals surface area contributed by atoms with E-state index in [0.29, 0.717) is 0 Å². The first-order valence-corrected chi connectivity index (χ1v) is 7.07. The number of hydrogen-bond donors (Lipinski definition) is 0. The predicted octanol–water partition coefficient (Wildman–Crippen LogP) is 3.80. The molecule has 0 N–H and O–H groups in total. The maximum Gasteiger partial charge on any atom is 0.0751 e. The Morgan fingerprint density at radius 3 is 2.85 bits per heavy atom. The first-order chi connectivity index (χ1) is 9.92. The number of rotatable bonds is 2. The zero-order valence-corrected chi connectivity index (χ0v) is 11.3. The van der Waals surface area contributed by atoms with Gasteiger partial charge in [0.2, 0.25) is 0 Å². The Hall–Kier alpha value is -2.35. The Morgan fingerprint density at radius 2 is 1.85 bits per heavy atom. The summed E-state index contributed by atoms with van der Waals surface area (Å²) in [6.07, 6.45) is 3.03. The Bertz CT molecular complexity index is 759. The van der Waals surface area contributed by atoms with Crippen LogP contribution in [0.4, 0.5) is 5.69 Å². The Morgan fingerprint density at radius 1 is 0.950 bits per heavy atom. The van der Waals surface area contributed by atoms with Crippen molar-refractivity contribution in [1.82, 2.24) is 4.98 Å². The maximum absolute atomic E-state index is 4.55. The molecule has 2 nitrogen and oxygen atoms in total. The second-order valence-corrected chi connectivity index (χ2v) is 5.29. The van der Waals surface area contributed by atoms with Crippen molar-refractivity contribution < 1.29 is 0 Å². The standard InChI is InChI=1S/C18H16N2/c1-2-9-17-14(5-1)10-12-20(17)13-16-7-3-6-15-8-4-11-19-18(15)16/h1-9,11H,10,12-13H2. The average molecular weight is 260 g/mol. The summed E-state index contributed by atoms with van der Waals surface area (Å²) in [7, 11) is 0. The summed E-state index contributed by atoms with van der Waals surface area (Å²) in [5.41, 5.74) is 5.26. The van der Waals surface area contributed by atoms with Crippen LogP contribution in [0.5, 0.6) is 0 Å². The molecule has 0 amide bonds. The van der Waals surface area contributed by atoms with E-state index in [1.807, 2.05) is 12.3 Å². The molecule has 0 spiro atoms. The third kappa shape index (κ3) is 1.85. The average Bonchev–Trinajstić information content (AvgIpc) is 2.91. The van der Waals surface area contributed by atoms with E-state index in [2.05, 4.69) is 58.4 Å². The van der Waals surface area contributed by atoms with Crippen LogP contribution in [0.1, 0.15) is 11.1 Å². The van der Waals surface area contributed by atoms with Crippen LogP contribution < -0.4 is 4.90 Å². The molecule has 4 rings (SSSR count). The largest absolute Gasteiger partial charge is 0.367 e. The number of benzene rings is 2. The van der Waals surface area contributed by atoms with Crippen LogP contribution in [0.2, 0.25) is 0 Å². The number of aromatic nitrogens is 1. The summed E-state index contributed by atoms with van der Waals surface area (Å²) in [5.74, 6) is 0. The fourth-order valence-electron chi connectivity index (χ4n) is 3.07. The molecule has 98 valence electrons. The van der Waals surface area contributed by atoms with Gasteiger partial charge in [0.1, 0.15) is 0 Å². The van der Waals surface area contributed by atoms with Gasteiger partial charge in [-0.2, -0.15) is 0 Å². The lowest BCUT2D eigenvalue weighted by Gasteiger charge is -2.20. The topological polar surface area (TPSA) is 16.1 Å². The van der Waals surface area contributed by atoms with E-state index in [9.17, 15) is 0 Å². The van der Waals surface area contributed by atoms with E-state index in [1.54, 1.807) is 0 Å². The van der Waals surface area contributed by atoms with Crippen LogP contribution >= 0.6 is 0 Å². The van der Waals surface area contributed by atoms with Gasteiger partial charge in [-0.3, -0.25) is 4.98 Å². The number of para-hydroxylation sites is 2. The molecule has 0 saturated heterocycles. The van der Waals surface area contributed by atoms with E-state index in [0.717, 1.165) is 25.0 Å². The van der Waals surface area contributed by atoms with Crippen molar-refractivity contribution in [2.75, 3.05) is 11.4 Å². The predicted molar refractivity (Wildman–Crippen MR) is 82.9 cm³/mol. The second kappa shape index (κ2) is 4.64. The fourth-order valence-corrected chi connectivity index (χ4v) is 3.07. The molecule has 0 fully saturated rings. The van der Waals surface area contributed by atoms with Gasteiger partial charge in [0, 0.05) is 30.4 Å². The normalized spacial score (nSPS) is 13.7. The minimum atomic E-state index is 0.936. The first-order valence-electron chi connectivity index (χ1n) is 7.07. The van der Waals surface area contributed by atoms with E-state index in [1.165, 1.54) is 22.2 Å². The zero-order chi connectivity index (χ0) is 13.4. The molecule has 0 aliphatic carbocycles. The molecule has 0 bridgehead atoms. The molecule has 20 heavy (non-hydrogen) atoms. The highest BCUT2D eigenvalue weighted by molar-refractivity contribution is 5.82. The van der Waals surface area contributed by atoms with Gasteiger partial charge in [0.15, 0.2) is 0 Å². The third-order valence-corrected chi connectivity index (χ3v) is 4.06. The van der Waals surface area contributed by atoms with E-state index >= 15 is 0 Å². The lowest BCUT2D eigenvalue weighted by atomic mass is 10.1. The van der Waals surface area contributed by atoms with Gasteiger partial charge in [-0.15, -0.1) is 0 Å². The monoisotopic (exact) mass is 260 g/mol. The van der Waals surface area contributed by atoms with Crippen LogP contribution in [0.3, 0.4) is 0 Å². The molecule has 0 radical (unpaired) electrons. The summed E-state index contributed by atoms with van der Waals surface area (Å²) in [4.78, 5) is 7.01. The van der Waals surface area contributed by atoms with Crippen molar-refractivity contribution in [3.8, 4) is 0 Å². The molecule has 1 aliphatic heterocycles. The highest BCUT2D eigenvalue weighted by atomic mass is 15.1. The van der Waals surface area contributed by atoms with Crippen LogP contribution in [-0.2, 0) is 13.0 Å². The van der Waals surface area contributed by atoms with Crippen molar-refractivity contribution in [2.45, 2.75) is 13.0 Å². The van der Waals surface area contributed by atoms with Gasteiger partial charge >= 0.3 is 0 Å². The lowest BCUT2D eigenvalue weighted by molar-refractivity contribution is 0.839. The summed E-state index contributed by atoms with van der Waals surface area (Å²) in [6, 6.07) is 19.3. The first kappa shape index (κ1) is 11.5. The molecule has 2 heteroatoms. The highest BCUT2D eigenvalue weighted by Crippen LogP contribution is 2.29. The van der Waals surface area contributed by atoms with Gasteiger partial charge < -0.3 is 4.90 Å². The molecule has 0 atom stereocenters. The van der Waals surface area contributed by atoms with Gasteiger partial charge in [0.25, 0.3) is 0 Å². The van der Waals surface area contributed by atoms with Crippen molar-refractivity contribution >= 4 is 16.6 Å². The Labute approximate surface area is 118 Å². The smallest absolute Gasteiger partial charge is 0.0751 e. The van der Waals surface area contributed by atoms with Crippen molar-refractivity contribution in [3.05, 3.63) is 71.9 Å². The third-order valence-electron chi connectivity index (χ3n) is 4.06. The van der Waals surface area contributed by atoms with Crippen molar-refractivity contribution in [1.29, 1.82) is 0 Å². The molecule has 3 aromatic rings. The minimum absolute atomic E-state index is 0.936. The molecule has 2 aromatic carbocycles. The number of hydrogen-bond acceptors (Lipinski definition) is 2. The van der Waals surface area contributed by atoms with Gasteiger partial charge in [-0.05, 0) is 29.7 Å². The van der Waals surface area contributed by atoms with Gasteiger partial charge in [-0.25, -0.2) is 0 Å². The highest BCUT2D eigenvalue weighted by Gasteiger charge is 2.18. The van der Waals surface area contributed by atoms with Crippen LogP contribution in [0.15, 0.2) is 60.8 Å². The molecular formula is C18H16N2. The molecule has 0 saturated carbocycles. The Kier molecular flexibility index (Phi) is 2.66. The van der Waals surface area contributed by atoms with Crippen molar-refractivity contribution in [2.24, 2.45) is 0 Å². The maximum atomic E-state index is 4.55. The number of nitrogens with zero attached hydrogens (tertiary/aromatic N) is 2. The molecular weight excluding hydrogens is 244 g/mol. The SMILES string of the molecule is c1ccc2c(c1)CCN2Cc1cccc2cccnc12.